The molecule has 1 aliphatic rings. The van der Waals surface area contributed by atoms with Crippen LogP contribution in [0.5, 0.6) is 0 Å². The van der Waals surface area contributed by atoms with Crippen molar-refractivity contribution in [3.8, 4) is 11.8 Å². The van der Waals surface area contributed by atoms with E-state index in [0.717, 1.165) is 0 Å². The fourth-order valence-corrected chi connectivity index (χ4v) is 0.454. The molecule has 0 unspecified atom stereocenters. The van der Waals surface area contributed by atoms with E-state index in [1.165, 1.54) is 6.08 Å². The molecule has 0 heterocycles. The van der Waals surface area contributed by atoms with Crippen molar-refractivity contribution >= 4 is 0 Å². The molecule has 40 valence electrons. The molecule has 0 aromatic carbocycles. The summed E-state index contributed by atoms with van der Waals surface area (Å²) in [7, 11) is 0. The largest absolute Gasteiger partial charge is 0.211 e. The van der Waals surface area contributed by atoms with Crippen LogP contribution in [-0.4, -0.2) is 0 Å². The van der Waals surface area contributed by atoms with E-state index >= 15 is 0 Å². The highest BCUT2D eigenvalue weighted by Gasteiger charge is 1.87. The normalized spacial score (nSPS) is 15.9. The van der Waals surface area contributed by atoms with E-state index in [-0.39, 0.29) is 12.2 Å². The third-order valence-corrected chi connectivity index (χ3v) is 0.816. The van der Waals surface area contributed by atoms with Gasteiger partial charge in [0, 0.05) is 0 Å². The van der Waals surface area contributed by atoms with E-state index in [1.807, 2.05) is 0 Å². The quantitative estimate of drug-likeness (QED) is 0.415. The molecular weight excluding hydrogens is 103 g/mol. The van der Waals surface area contributed by atoms with Gasteiger partial charge in [-0.2, -0.15) is 0 Å². The predicted octanol–water partition coefficient (Wildman–Crippen LogP) is 1.80. The van der Waals surface area contributed by atoms with E-state index < -0.39 is 0 Å². The molecule has 0 aliphatic heterocycles. The zero-order valence-electron chi connectivity index (χ0n) is 4.32. The average Bonchev–Trinajstić information content (AvgIpc) is 1.94. The smallest absolute Gasteiger partial charge is 0.112 e. The van der Waals surface area contributed by atoms with Gasteiger partial charge >= 0.3 is 0 Å². The number of allylic oxidation sites excluding steroid dienone is 4. The van der Waals surface area contributed by atoms with Crippen molar-refractivity contribution in [3.63, 3.8) is 0 Å². The molecular formula is C7H5F. The van der Waals surface area contributed by atoms with Crippen molar-refractivity contribution in [1.82, 2.24) is 0 Å². The first-order valence-electron chi connectivity index (χ1n) is 2.39. The summed E-state index contributed by atoms with van der Waals surface area (Å²) in [5.74, 6) is 5.11. The molecule has 0 atom stereocenters. The average molecular weight is 108 g/mol. The minimum atomic E-state index is -0.161. The van der Waals surface area contributed by atoms with Crippen LogP contribution in [0.3, 0.4) is 0 Å². The standard InChI is InChI=1S/C7H5F/c8-7-5-3-1-2-4-6-7/h1,3,5H,6H2. The van der Waals surface area contributed by atoms with Gasteiger partial charge in [0.2, 0.25) is 0 Å². The first-order valence-corrected chi connectivity index (χ1v) is 2.39. The van der Waals surface area contributed by atoms with Gasteiger partial charge in [-0.1, -0.05) is 17.9 Å². The van der Waals surface area contributed by atoms with Crippen LogP contribution in [0.15, 0.2) is 24.1 Å². The number of hydrogen-bond acceptors (Lipinski definition) is 0. The van der Waals surface area contributed by atoms with Gasteiger partial charge in [-0.05, 0) is 12.2 Å². The fraction of sp³-hybridized carbons (Fsp3) is 0.143. The highest BCUT2D eigenvalue weighted by atomic mass is 19.1. The highest BCUT2D eigenvalue weighted by Crippen LogP contribution is 2.02. The van der Waals surface area contributed by atoms with E-state index in [2.05, 4.69) is 11.8 Å². The Morgan fingerprint density at radius 2 is 2.50 bits per heavy atom. The van der Waals surface area contributed by atoms with Crippen LogP contribution in [0.1, 0.15) is 6.42 Å². The Kier molecular flexibility index (Phi) is 1.48. The zero-order chi connectivity index (χ0) is 5.82. The van der Waals surface area contributed by atoms with Crippen LogP contribution in [0.4, 0.5) is 4.39 Å². The topological polar surface area (TPSA) is 0 Å². The van der Waals surface area contributed by atoms with Crippen LogP contribution >= 0.6 is 0 Å². The third kappa shape index (κ3) is 1.23. The summed E-state index contributed by atoms with van der Waals surface area (Å²) in [6.07, 6.45) is 4.90. The van der Waals surface area contributed by atoms with E-state index in [9.17, 15) is 4.39 Å². The maximum atomic E-state index is 12.2. The lowest BCUT2D eigenvalue weighted by Gasteiger charge is -1.79. The van der Waals surface area contributed by atoms with Crippen LogP contribution < -0.4 is 0 Å². The second kappa shape index (κ2) is 2.32. The molecule has 0 fully saturated rings. The Bertz CT molecular complexity index is 188. The molecule has 0 saturated carbocycles. The van der Waals surface area contributed by atoms with Gasteiger partial charge in [-0.3, -0.25) is 0 Å². The van der Waals surface area contributed by atoms with Crippen molar-refractivity contribution in [2.24, 2.45) is 0 Å². The van der Waals surface area contributed by atoms with Gasteiger partial charge in [0.1, 0.15) is 5.83 Å². The second-order valence-corrected chi connectivity index (χ2v) is 1.47. The van der Waals surface area contributed by atoms with Gasteiger partial charge < -0.3 is 0 Å². The zero-order valence-corrected chi connectivity index (χ0v) is 4.32. The Morgan fingerprint density at radius 3 is 3.38 bits per heavy atom. The lowest BCUT2D eigenvalue weighted by Crippen LogP contribution is -1.64. The lowest BCUT2D eigenvalue weighted by atomic mass is 10.4. The molecule has 0 amide bonds. The molecule has 0 nitrogen and oxygen atoms in total. The Morgan fingerprint density at radius 1 is 1.62 bits per heavy atom. The van der Waals surface area contributed by atoms with E-state index in [1.54, 1.807) is 12.2 Å². The fourth-order valence-electron chi connectivity index (χ4n) is 0.454. The summed E-state index contributed by atoms with van der Waals surface area (Å²) < 4.78 is 12.2. The molecule has 0 saturated heterocycles. The van der Waals surface area contributed by atoms with E-state index in [4.69, 9.17) is 0 Å². The van der Waals surface area contributed by atoms with Crippen LogP contribution in [0, 0.1) is 11.8 Å². The molecule has 0 aromatic rings. The second-order valence-electron chi connectivity index (χ2n) is 1.47. The predicted molar refractivity (Wildman–Crippen MR) is 30.7 cm³/mol. The highest BCUT2D eigenvalue weighted by molar-refractivity contribution is 5.26. The first-order chi connectivity index (χ1) is 3.89. The van der Waals surface area contributed by atoms with Crippen molar-refractivity contribution < 1.29 is 4.39 Å². The molecule has 8 heavy (non-hydrogen) atoms. The first kappa shape index (κ1) is 5.11. The summed E-state index contributed by atoms with van der Waals surface area (Å²) in [5.41, 5.74) is 0. The molecule has 0 radical (unpaired) electrons. The number of halogens is 1. The van der Waals surface area contributed by atoms with Crippen LogP contribution in [0.2, 0.25) is 0 Å². The van der Waals surface area contributed by atoms with Gasteiger partial charge in [0.25, 0.3) is 0 Å². The Hall–Kier alpha value is -1.03. The summed E-state index contributed by atoms with van der Waals surface area (Å²) in [4.78, 5) is 0. The van der Waals surface area contributed by atoms with Crippen molar-refractivity contribution in [2.45, 2.75) is 6.42 Å². The van der Waals surface area contributed by atoms with Crippen LogP contribution in [0.25, 0.3) is 0 Å². The van der Waals surface area contributed by atoms with E-state index in [0.29, 0.717) is 0 Å². The molecule has 0 N–H and O–H groups in total. The van der Waals surface area contributed by atoms with Gasteiger partial charge in [0.15, 0.2) is 0 Å². The summed E-state index contributed by atoms with van der Waals surface area (Å²) in [6.45, 7) is 0. The van der Waals surface area contributed by atoms with Crippen molar-refractivity contribution in [1.29, 1.82) is 0 Å². The number of hydrogen-bond donors (Lipinski definition) is 0. The lowest BCUT2D eigenvalue weighted by molar-refractivity contribution is 0.622. The Balaban J connectivity index is 2.75. The Labute approximate surface area is 47.7 Å². The summed E-state index contributed by atoms with van der Waals surface area (Å²) in [5, 5.41) is 0. The molecule has 1 heteroatoms. The molecule has 0 spiro atoms. The molecule has 1 rings (SSSR count). The monoisotopic (exact) mass is 108 g/mol. The minimum absolute atomic E-state index is 0.161. The molecule has 0 aromatic heterocycles. The van der Waals surface area contributed by atoms with Crippen LogP contribution in [-0.2, 0) is 0 Å². The van der Waals surface area contributed by atoms with Crippen molar-refractivity contribution in [3.05, 3.63) is 24.1 Å². The van der Waals surface area contributed by atoms with Gasteiger partial charge in [0.05, 0.1) is 6.42 Å². The number of rotatable bonds is 0. The van der Waals surface area contributed by atoms with Gasteiger partial charge in [-0.25, -0.2) is 4.39 Å². The third-order valence-electron chi connectivity index (χ3n) is 0.816. The maximum absolute atomic E-state index is 12.2. The molecule has 1 aliphatic carbocycles. The maximum Gasteiger partial charge on any atom is 0.112 e. The van der Waals surface area contributed by atoms with Gasteiger partial charge in [-0.15, -0.1) is 0 Å². The molecule has 0 bridgehead atoms. The summed E-state index contributed by atoms with van der Waals surface area (Å²) in [6, 6.07) is 0. The summed E-state index contributed by atoms with van der Waals surface area (Å²) >= 11 is 0. The van der Waals surface area contributed by atoms with Crippen molar-refractivity contribution in [2.75, 3.05) is 0 Å². The minimum Gasteiger partial charge on any atom is -0.211 e. The SMILES string of the molecule is FC1=CC=CC#CC1.